The summed E-state index contributed by atoms with van der Waals surface area (Å²) in [6.07, 6.45) is 1.39. The van der Waals surface area contributed by atoms with Gasteiger partial charge in [0.05, 0.1) is 22.3 Å². The Balaban J connectivity index is 1.38. The second kappa shape index (κ2) is 10.9. The number of anilines is 2. The highest BCUT2D eigenvalue weighted by atomic mass is 32.2. The molecule has 3 amide bonds. The van der Waals surface area contributed by atoms with E-state index in [1.165, 1.54) is 16.7 Å². The van der Waals surface area contributed by atoms with Gasteiger partial charge in [0.25, 0.3) is 0 Å². The largest absolute Gasteiger partial charge is 0.326 e. The second-order valence-corrected chi connectivity index (χ2v) is 9.03. The fraction of sp³-hybridized carbons (Fsp3) is 0.192. The molecule has 3 aromatic carbocycles. The fourth-order valence-corrected chi connectivity index (χ4v) is 4.53. The highest BCUT2D eigenvalue weighted by Crippen LogP contribution is 2.35. The van der Waals surface area contributed by atoms with E-state index in [1.807, 2.05) is 49.4 Å². The number of imide groups is 1. The van der Waals surface area contributed by atoms with Crippen LogP contribution >= 0.6 is 11.8 Å². The average molecular weight is 473 g/mol. The van der Waals surface area contributed by atoms with Crippen LogP contribution in [0, 0.1) is 0 Å². The van der Waals surface area contributed by atoms with E-state index in [9.17, 15) is 14.4 Å². The molecule has 8 heteroatoms. The summed E-state index contributed by atoms with van der Waals surface area (Å²) in [5, 5.41) is 10.7. The maximum absolute atomic E-state index is 13.0. The number of thioether (sulfide) groups is 1. The predicted octanol–water partition coefficient (Wildman–Crippen LogP) is 6.26. The molecule has 1 aliphatic rings. The molecule has 1 saturated heterocycles. The molecule has 0 radical (unpaired) electrons. The van der Waals surface area contributed by atoms with E-state index < -0.39 is 5.25 Å². The summed E-state index contributed by atoms with van der Waals surface area (Å²) < 4.78 is 0. The number of hydrogen-bond acceptors (Lipinski definition) is 6. The molecule has 172 valence electrons. The van der Waals surface area contributed by atoms with Crippen molar-refractivity contribution in [1.82, 2.24) is 0 Å². The van der Waals surface area contributed by atoms with Gasteiger partial charge in [0, 0.05) is 23.4 Å². The molecule has 1 unspecified atom stereocenters. The predicted molar refractivity (Wildman–Crippen MR) is 134 cm³/mol. The minimum atomic E-state index is -0.495. The Morgan fingerprint density at radius 1 is 0.941 bits per heavy atom. The van der Waals surface area contributed by atoms with Crippen molar-refractivity contribution >= 4 is 52.2 Å². The van der Waals surface area contributed by atoms with Gasteiger partial charge in [0.1, 0.15) is 0 Å². The van der Waals surface area contributed by atoms with Crippen LogP contribution in [0.15, 0.2) is 94.0 Å². The number of carbonyl (C=O) groups is 3. The zero-order valence-corrected chi connectivity index (χ0v) is 19.5. The lowest BCUT2D eigenvalue weighted by molar-refractivity contribution is -0.121. The molecule has 4 rings (SSSR count). The van der Waals surface area contributed by atoms with Gasteiger partial charge in [0.2, 0.25) is 17.7 Å². The van der Waals surface area contributed by atoms with Gasteiger partial charge in [-0.2, -0.15) is 10.2 Å². The number of amides is 3. The minimum Gasteiger partial charge on any atom is -0.326 e. The molecule has 1 aliphatic heterocycles. The van der Waals surface area contributed by atoms with Gasteiger partial charge < -0.3 is 5.32 Å². The Kier molecular flexibility index (Phi) is 7.49. The van der Waals surface area contributed by atoms with Gasteiger partial charge in [-0.25, -0.2) is 4.90 Å². The molecule has 1 N–H and O–H groups in total. The van der Waals surface area contributed by atoms with Gasteiger partial charge in [-0.3, -0.25) is 14.4 Å². The van der Waals surface area contributed by atoms with Crippen molar-refractivity contribution < 1.29 is 14.4 Å². The lowest BCUT2D eigenvalue weighted by Gasteiger charge is -2.15. The third-order valence-electron chi connectivity index (χ3n) is 5.14. The molecule has 0 saturated carbocycles. The van der Waals surface area contributed by atoms with E-state index in [4.69, 9.17) is 0 Å². The van der Waals surface area contributed by atoms with Gasteiger partial charge >= 0.3 is 0 Å². The Morgan fingerprint density at radius 3 is 2.24 bits per heavy atom. The fourth-order valence-electron chi connectivity index (χ4n) is 3.48. The molecule has 3 aromatic rings. The number of benzene rings is 3. The Labute approximate surface area is 202 Å². The van der Waals surface area contributed by atoms with E-state index in [0.717, 1.165) is 17.0 Å². The Bertz CT molecular complexity index is 1190. The molecule has 1 fully saturated rings. The number of carbonyl (C=O) groups excluding carboxylic acids is 3. The summed E-state index contributed by atoms with van der Waals surface area (Å²) >= 11 is 1.35. The highest BCUT2D eigenvalue weighted by molar-refractivity contribution is 8.00. The number of rotatable bonds is 8. The number of azo groups is 1. The van der Waals surface area contributed by atoms with Crippen LogP contribution in [0.1, 0.15) is 26.2 Å². The van der Waals surface area contributed by atoms with Gasteiger partial charge in [-0.1, -0.05) is 25.1 Å². The Hall–Kier alpha value is -3.78. The first-order valence-electron chi connectivity index (χ1n) is 11.0. The molecular formula is C26H24N4O3S. The van der Waals surface area contributed by atoms with Crippen molar-refractivity contribution in [3.05, 3.63) is 78.9 Å². The highest BCUT2D eigenvalue weighted by Gasteiger charge is 2.40. The van der Waals surface area contributed by atoms with Gasteiger partial charge in [-0.15, -0.1) is 11.8 Å². The number of hydrogen-bond donors (Lipinski definition) is 1. The van der Waals surface area contributed by atoms with Crippen LogP contribution in [-0.4, -0.2) is 23.0 Å². The Morgan fingerprint density at radius 2 is 1.59 bits per heavy atom. The van der Waals surface area contributed by atoms with Crippen molar-refractivity contribution in [2.24, 2.45) is 10.2 Å². The van der Waals surface area contributed by atoms with Crippen molar-refractivity contribution in [3.8, 4) is 0 Å². The maximum Gasteiger partial charge on any atom is 0.247 e. The van der Waals surface area contributed by atoms with Crippen molar-refractivity contribution in [2.75, 3.05) is 10.2 Å². The maximum atomic E-state index is 13.0. The molecular weight excluding hydrogens is 448 g/mol. The summed E-state index contributed by atoms with van der Waals surface area (Å²) in [4.78, 5) is 39.4. The van der Waals surface area contributed by atoms with E-state index in [-0.39, 0.29) is 24.1 Å². The summed E-state index contributed by atoms with van der Waals surface area (Å²) in [6.45, 7) is 1.95. The second-order valence-electron chi connectivity index (χ2n) is 7.75. The first kappa shape index (κ1) is 23.4. The molecule has 7 nitrogen and oxygen atoms in total. The van der Waals surface area contributed by atoms with Crippen molar-refractivity contribution in [1.29, 1.82) is 0 Å². The van der Waals surface area contributed by atoms with Crippen LogP contribution in [0.3, 0.4) is 0 Å². The van der Waals surface area contributed by atoms with Gasteiger partial charge in [-0.05, 0) is 67.1 Å². The van der Waals surface area contributed by atoms with Crippen LogP contribution in [0.25, 0.3) is 0 Å². The van der Waals surface area contributed by atoms with E-state index in [0.29, 0.717) is 23.5 Å². The van der Waals surface area contributed by atoms with Crippen LogP contribution in [0.5, 0.6) is 0 Å². The average Bonchev–Trinajstić information content (AvgIpc) is 3.12. The molecule has 34 heavy (non-hydrogen) atoms. The van der Waals surface area contributed by atoms with E-state index in [1.54, 1.807) is 36.4 Å². The minimum absolute atomic E-state index is 0.0253. The summed E-state index contributed by atoms with van der Waals surface area (Å²) in [6, 6.07) is 23.6. The third-order valence-corrected chi connectivity index (χ3v) is 6.34. The standard InChI is InChI=1S/C26H24N4O3S/c1-2-6-24(31)27-18-11-15-22(16-12-18)34-23-17-25(32)30(26(23)33)21-13-9-20(10-14-21)29-28-19-7-4-3-5-8-19/h3-5,7-16,23H,2,6,17H2,1H3,(H,27,31). The lowest BCUT2D eigenvalue weighted by Crippen LogP contribution is -2.30. The third kappa shape index (κ3) is 5.77. The van der Waals surface area contributed by atoms with Crippen LogP contribution in [0.2, 0.25) is 0 Å². The monoisotopic (exact) mass is 472 g/mol. The molecule has 0 spiro atoms. The van der Waals surface area contributed by atoms with E-state index in [2.05, 4.69) is 15.5 Å². The van der Waals surface area contributed by atoms with E-state index >= 15 is 0 Å². The zero-order chi connectivity index (χ0) is 23.9. The first-order chi connectivity index (χ1) is 16.5. The number of nitrogens with one attached hydrogen (secondary N) is 1. The van der Waals surface area contributed by atoms with Crippen LogP contribution in [-0.2, 0) is 14.4 Å². The van der Waals surface area contributed by atoms with Crippen molar-refractivity contribution in [2.45, 2.75) is 36.3 Å². The molecule has 0 bridgehead atoms. The van der Waals surface area contributed by atoms with Gasteiger partial charge in [0.15, 0.2) is 0 Å². The molecule has 0 aromatic heterocycles. The summed E-state index contributed by atoms with van der Waals surface area (Å²) in [7, 11) is 0. The molecule has 0 aliphatic carbocycles. The SMILES string of the molecule is CCCC(=O)Nc1ccc(SC2CC(=O)N(c3ccc(N=Nc4ccccc4)cc3)C2=O)cc1. The summed E-state index contributed by atoms with van der Waals surface area (Å²) in [5.74, 6) is -0.499. The van der Waals surface area contributed by atoms with Crippen LogP contribution in [0.4, 0.5) is 22.7 Å². The van der Waals surface area contributed by atoms with Crippen molar-refractivity contribution in [3.63, 3.8) is 0 Å². The normalized spacial score (nSPS) is 15.8. The topological polar surface area (TPSA) is 91.2 Å². The lowest BCUT2D eigenvalue weighted by atomic mass is 10.2. The zero-order valence-electron chi connectivity index (χ0n) is 18.7. The number of nitrogens with zero attached hydrogens (tertiary/aromatic N) is 3. The van der Waals surface area contributed by atoms with Crippen LogP contribution < -0.4 is 10.2 Å². The quantitative estimate of drug-likeness (QED) is 0.309. The smallest absolute Gasteiger partial charge is 0.247 e. The molecule has 1 atom stereocenters. The summed E-state index contributed by atoms with van der Waals surface area (Å²) in [5.41, 5.74) is 2.60. The first-order valence-corrected chi connectivity index (χ1v) is 11.9. The molecule has 1 heterocycles.